The van der Waals surface area contributed by atoms with E-state index in [1.165, 1.54) is 24.4 Å². The van der Waals surface area contributed by atoms with Gasteiger partial charge in [-0.15, -0.1) is 4.31 Å². The average Bonchev–Trinajstić information content (AvgIpc) is 3.54. The molecular formula is C42H52BrFN10O11S. The van der Waals surface area contributed by atoms with Gasteiger partial charge in [0.15, 0.2) is 0 Å². The van der Waals surface area contributed by atoms with Crippen molar-refractivity contribution in [2.24, 2.45) is 5.73 Å². The van der Waals surface area contributed by atoms with Crippen LogP contribution in [0.25, 0.3) is 0 Å². The first-order valence-corrected chi connectivity index (χ1v) is 23.4. The van der Waals surface area contributed by atoms with E-state index < -0.39 is 52.8 Å². The lowest BCUT2D eigenvalue weighted by Gasteiger charge is -2.32. The van der Waals surface area contributed by atoms with Crippen molar-refractivity contribution in [2.75, 3.05) is 101 Å². The molecule has 356 valence electrons. The first kappa shape index (κ1) is 50.1. The van der Waals surface area contributed by atoms with Crippen LogP contribution in [-0.4, -0.2) is 156 Å². The van der Waals surface area contributed by atoms with Crippen LogP contribution in [-0.2, 0) is 44.7 Å². The van der Waals surface area contributed by atoms with Gasteiger partial charge >= 0.3 is 0 Å². The number of ether oxygens (including phenoxy) is 4. The summed E-state index contributed by atoms with van der Waals surface area (Å²) in [4.78, 5) is 83.9. The minimum Gasteiger partial charge on any atom is -0.598 e. The van der Waals surface area contributed by atoms with E-state index in [4.69, 9.17) is 24.7 Å². The lowest BCUT2D eigenvalue weighted by molar-refractivity contribution is -0.136. The van der Waals surface area contributed by atoms with Gasteiger partial charge in [0.05, 0.1) is 86.3 Å². The molecule has 3 aliphatic rings. The van der Waals surface area contributed by atoms with Gasteiger partial charge in [0, 0.05) is 61.8 Å². The van der Waals surface area contributed by atoms with E-state index in [2.05, 4.69) is 52.5 Å². The van der Waals surface area contributed by atoms with Crippen LogP contribution >= 0.6 is 15.9 Å². The third-order valence-electron chi connectivity index (χ3n) is 10.6. The van der Waals surface area contributed by atoms with Crippen molar-refractivity contribution in [3.63, 3.8) is 0 Å². The molecule has 2 atom stereocenters. The van der Waals surface area contributed by atoms with Crippen LogP contribution < -0.4 is 32.3 Å². The summed E-state index contributed by atoms with van der Waals surface area (Å²) in [7, 11) is 0. The first-order chi connectivity index (χ1) is 31.9. The number of hydrogen-bond acceptors (Lipinski definition) is 17. The van der Waals surface area contributed by atoms with E-state index >= 15 is 0 Å². The lowest BCUT2D eigenvalue weighted by atomic mass is 10.0. The van der Waals surface area contributed by atoms with E-state index in [1.54, 1.807) is 12.1 Å². The summed E-state index contributed by atoms with van der Waals surface area (Å²) in [5.41, 5.74) is 6.09. The summed E-state index contributed by atoms with van der Waals surface area (Å²) in [6, 6.07) is 7.95. The second-order valence-electron chi connectivity index (χ2n) is 15.1. The Labute approximate surface area is 391 Å². The monoisotopic (exact) mass is 1000 g/mol. The fourth-order valence-electron chi connectivity index (χ4n) is 7.26. The molecule has 21 nitrogen and oxygen atoms in total. The Bertz CT molecular complexity index is 2220. The van der Waals surface area contributed by atoms with Gasteiger partial charge in [0.2, 0.25) is 23.7 Å². The second-order valence-corrected chi connectivity index (χ2v) is 17.5. The van der Waals surface area contributed by atoms with E-state index in [0.29, 0.717) is 101 Å². The summed E-state index contributed by atoms with van der Waals surface area (Å²) >= 11 is 2.10. The molecule has 2 unspecified atom stereocenters. The topological polar surface area (TPSA) is 281 Å². The van der Waals surface area contributed by atoms with Crippen molar-refractivity contribution in [2.45, 2.75) is 44.2 Å². The van der Waals surface area contributed by atoms with E-state index in [9.17, 15) is 37.7 Å². The number of anilines is 4. The number of halogens is 2. The van der Waals surface area contributed by atoms with Crippen LogP contribution in [0.2, 0.25) is 0 Å². The smallest absolute Gasteiger partial charge is 0.264 e. The Morgan fingerprint density at radius 2 is 1.56 bits per heavy atom. The van der Waals surface area contributed by atoms with Crippen molar-refractivity contribution in [1.82, 2.24) is 29.8 Å². The highest BCUT2D eigenvalue weighted by molar-refractivity contribution is 9.10. The molecule has 3 aliphatic heterocycles. The number of amides is 6. The number of primary amides is 1. The largest absolute Gasteiger partial charge is 0.598 e. The Balaban J connectivity index is 0.735. The summed E-state index contributed by atoms with van der Waals surface area (Å²) in [5.74, 6) is -3.21. The molecule has 0 saturated carbocycles. The molecule has 66 heavy (non-hydrogen) atoms. The number of nitrogens with zero attached hydrogens (tertiary/aromatic N) is 4. The number of piperidine rings is 2. The summed E-state index contributed by atoms with van der Waals surface area (Å²) < 4.78 is 51.6. The Hall–Kier alpha value is -5.34. The lowest BCUT2D eigenvalue weighted by Crippen LogP contribution is -2.54. The maximum atomic E-state index is 14.2. The second kappa shape index (κ2) is 25.0. The van der Waals surface area contributed by atoms with Gasteiger partial charge in [-0.2, -0.15) is 4.98 Å². The molecule has 2 aromatic carbocycles. The molecule has 2 saturated heterocycles. The zero-order valence-corrected chi connectivity index (χ0v) is 38.3. The van der Waals surface area contributed by atoms with Gasteiger partial charge in [0.25, 0.3) is 17.7 Å². The van der Waals surface area contributed by atoms with Crippen molar-refractivity contribution in [3.8, 4) is 0 Å². The highest BCUT2D eigenvalue weighted by Crippen LogP contribution is 2.33. The third-order valence-corrected chi connectivity index (χ3v) is 12.6. The summed E-state index contributed by atoms with van der Waals surface area (Å²) in [6.45, 7) is 4.22. The van der Waals surface area contributed by atoms with Gasteiger partial charge in [0.1, 0.15) is 23.4 Å². The number of imide groups is 2. The van der Waals surface area contributed by atoms with Gasteiger partial charge in [-0.3, -0.25) is 39.0 Å². The zero-order chi connectivity index (χ0) is 47.0. The van der Waals surface area contributed by atoms with E-state index in [1.807, 2.05) is 4.31 Å². The number of carbonyl (C=O) groups is 6. The normalized spacial score (nSPS) is 17.1. The molecule has 0 bridgehead atoms. The number of fused-ring (bicyclic) bond motifs is 1. The molecule has 6 rings (SSSR count). The zero-order valence-electron chi connectivity index (χ0n) is 35.9. The van der Waals surface area contributed by atoms with E-state index in [-0.39, 0.29) is 72.5 Å². The number of hydrogen-bond donors (Lipinski definition) is 6. The minimum absolute atomic E-state index is 0.00887. The molecule has 0 aliphatic carbocycles. The van der Waals surface area contributed by atoms with Gasteiger partial charge < -0.3 is 50.5 Å². The molecule has 3 aromatic rings. The van der Waals surface area contributed by atoms with Crippen molar-refractivity contribution >= 4 is 85.9 Å². The highest BCUT2D eigenvalue weighted by atomic mass is 79.9. The maximum absolute atomic E-state index is 14.2. The molecule has 1 aromatic heterocycles. The van der Waals surface area contributed by atoms with Crippen LogP contribution in [0.1, 0.15) is 63.2 Å². The van der Waals surface area contributed by atoms with Gasteiger partial charge in [-0.25, -0.2) is 9.37 Å². The number of rotatable bonds is 26. The summed E-state index contributed by atoms with van der Waals surface area (Å²) in [6.07, 6.45) is 3.16. The quantitative estimate of drug-likeness (QED) is 0.0380. The van der Waals surface area contributed by atoms with Crippen LogP contribution in [0.5, 0.6) is 0 Å². The number of nitrogens with two attached hydrogens (primary N) is 1. The number of nitrogens with one attached hydrogen (secondary N) is 5. The third kappa shape index (κ3) is 13.9. The standard InChI is InChI=1S/C42H52BrFN10O11S/c43-28-25-48-42(52-38(28)50-31-6-2-4-29(44)36(31)37(45)57)49-26-9-14-53(15-10-26)66(61)24-13-47-33(55)11-16-62-18-20-64-22-23-65-21-19-63-17-12-46-30-5-1-3-27-35(30)41(60)54(40(27)59)32-7-8-34(56)51-39(32)58/h1-6,25-26,32,46H,7-24H2,(H2,45,57)(H,47,55)(H,51,56,58)(H2,48,49,50,52). The SMILES string of the molecule is NC(=O)c1c(F)cccc1Nc1nc(NC2CCN([S+]([O-])CCNC(=O)CCOCCOCCOCCOCCNc3cccc4c3C(=O)N(C3CCC(=O)NC3=O)C4=O)CC2)ncc1Br. The van der Waals surface area contributed by atoms with Crippen molar-refractivity contribution in [1.29, 1.82) is 0 Å². The van der Waals surface area contributed by atoms with Gasteiger partial charge in [-0.05, 0) is 59.5 Å². The Morgan fingerprint density at radius 3 is 2.26 bits per heavy atom. The van der Waals surface area contributed by atoms with E-state index in [0.717, 1.165) is 11.0 Å². The number of aromatic nitrogens is 2. The Morgan fingerprint density at radius 1 is 0.894 bits per heavy atom. The Kier molecular flexibility index (Phi) is 19.0. The number of carbonyl (C=O) groups excluding carboxylic acids is 6. The minimum atomic E-state index is -1.28. The highest BCUT2D eigenvalue weighted by Gasteiger charge is 2.45. The van der Waals surface area contributed by atoms with Crippen LogP contribution in [0.3, 0.4) is 0 Å². The molecule has 6 amide bonds. The molecular weight excluding hydrogens is 951 g/mol. The van der Waals surface area contributed by atoms with Crippen LogP contribution in [0, 0.1) is 5.82 Å². The molecule has 24 heteroatoms. The van der Waals surface area contributed by atoms with Crippen LogP contribution in [0.15, 0.2) is 47.1 Å². The molecule has 4 heterocycles. The maximum Gasteiger partial charge on any atom is 0.264 e. The van der Waals surface area contributed by atoms with Crippen molar-refractivity contribution < 1.29 is 56.7 Å². The fourth-order valence-corrected chi connectivity index (χ4v) is 8.70. The number of benzene rings is 2. The average molecular weight is 1000 g/mol. The van der Waals surface area contributed by atoms with Crippen molar-refractivity contribution in [3.05, 3.63) is 69.6 Å². The molecule has 2 fully saturated rings. The molecule has 0 spiro atoms. The molecule has 0 radical (unpaired) electrons. The first-order valence-electron chi connectivity index (χ1n) is 21.3. The predicted octanol–water partition coefficient (Wildman–Crippen LogP) is 1.85. The van der Waals surface area contributed by atoms with Crippen LogP contribution in [0.4, 0.5) is 27.5 Å². The summed E-state index contributed by atoms with van der Waals surface area (Å²) in [5, 5.41) is 14.3. The predicted molar refractivity (Wildman–Crippen MR) is 242 cm³/mol. The fraction of sp³-hybridized carbons (Fsp3) is 0.476. The molecule has 7 N–H and O–H groups in total. The van der Waals surface area contributed by atoms with Gasteiger partial charge in [-0.1, -0.05) is 12.1 Å².